The lowest BCUT2D eigenvalue weighted by Crippen LogP contribution is -2.74. The van der Waals surface area contributed by atoms with Crippen molar-refractivity contribution in [3.63, 3.8) is 0 Å². The van der Waals surface area contributed by atoms with Crippen molar-refractivity contribution >= 4 is 17.8 Å². The van der Waals surface area contributed by atoms with Crippen molar-refractivity contribution in [3.05, 3.63) is 11.8 Å². The molecular formula is C35H56FN5O5. The van der Waals surface area contributed by atoms with E-state index in [9.17, 15) is 14.4 Å². The number of nitrogens with one attached hydrogen (secondary N) is 2. The molecule has 5 fully saturated rings. The second-order valence-corrected chi connectivity index (χ2v) is 16.0. The van der Waals surface area contributed by atoms with Gasteiger partial charge in [-0.15, -0.1) is 0 Å². The van der Waals surface area contributed by atoms with Crippen LogP contribution >= 0.6 is 0 Å². The number of carbonyl (C=O) groups excluding carboxylic acids is 3. The first-order valence-electron chi connectivity index (χ1n) is 17.9. The lowest BCUT2D eigenvalue weighted by atomic mass is 9.64. The molecule has 0 aromatic carbocycles. The Bertz CT molecular complexity index is 1170. The summed E-state index contributed by atoms with van der Waals surface area (Å²) >= 11 is 0. The van der Waals surface area contributed by atoms with Gasteiger partial charge >= 0.3 is 6.09 Å². The number of likely N-dealkylation sites (tertiary alicyclic amines) is 1. The zero-order chi connectivity index (χ0) is 32.7. The zero-order valence-corrected chi connectivity index (χ0v) is 28.5. The minimum absolute atomic E-state index is 0.0284. The van der Waals surface area contributed by atoms with Gasteiger partial charge in [-0.05, 0) is 105 Å². The third kappa shape index (κ3) is 6.97. The Morgan fingerprint density at radius 2 is 1.87 bits per heavy atom. The molecule has 0 spiro atoms. The maximum atomic E-state index is 16.2. The highest BCUT2D eigenvalue weighted by Crippen LogP contribution is 2.51. The molecule has 3 aliphatic heterocycles. The van der Waals surface area contributed by atoms with Gasteiger partial charge in [0, 0.05) is 25.2 Å². The summed E-state index contributed by atoms with van der Waals surface area (Å²) in [5.41, 5.74) is -0.459. The highest BCUT2D eigenvalue weighted by atomic mass is 19.1. The van der Waals surface area contributed by atoms with E-state index >= 15 is 4.39 Å². The average Bonchev–Trinajstić information content (AvgIpc) is 3.46. The van der Waals surface area contributed by atoms with E-state index < -0.39 is 35.9 Å². The Morgan fingerprint density at radius 1 is 1.09 bits per heavy atom. The highest BCUT2D eigenvalue weighted by molar-refractivity contribution is 6.20. The Kier molecular flexibility index (Phi) is 10.0. The van der Waals surface area contributed by atoms with Crippen LogP contribution in [-0.4, -0.2) is 121 Å². The Labute approximate surface area is 274 Å². The van der Waals surface area contributed by atoms with Gasteiger partial charge in [0.2, 0.25) is 0 Å². The normalized spacial score (nSPS) is 37.3. The van der Waals surface area contributed by atoms with Crippen LogP contribution in [0.2, 0.25) is 0 Å². The molecule has 258 valence electrons. The molecule has 0 radical (unpaired) electrons. The first-order valence-corrected chi connectivity index (χ1v) is 17.9. The molecule has 10 atom stereocenters. The lowest BCUT2D eigenvalue weighted by Gasteiger charge is -2.61. The van der Waals surface area contributed by atoms with E-state index in [0.717, 1.165) is 38.6 Å². The van der Waals surface area contributed by atoms with Gasteiger partial charge in [-0.1, -0.05) is 19.3 Å². The van der Waals surface area contributed by atoms with E-state index in [1.807, 2.05) is 27.0 Å². The molecule has 0 aromatic rings. The van der Waals surface area contributed by atoms with Gasteiger partial charge in [-0.2, -0.15) is 0 Å². The van der Waals surface area contributed by atoms with Gasteiger partial charge in [-0.25, -0.2) is 9.18 Å². The predicted molar refractivity (Wildman–Crippen MR) is 173 cm³/mol. The molecule has 9 unspecified atom stereocenters. The van der Waals surface area contributed by atoms with Gasteiger partial charge in [0.25, 0.3) is 5.91 Å². The van der Waals surface area contributed by atoms with Gasteiger partial charge in [-0.3, -0.25) is 9.59 Å². The van der Waals surface area contributed by atoms with E-state index in [4.69, 9.17) is 9.47 Å². The summed E-state index contributed by atoms with van der Waals surface area (Å²) in [6.07, 6.45) is 9.13. The van der Waals surface area contributed by atoms with Crippen molar-refractivity contribution in [2.45, 2.75) is 133 Å². The summed E-state index contributed by atoms with van der Waals surface area (Å²) in [6, 6.07) is -0.934. The molecule has 3 aliphatic carbocycles. The summed E-state index contributed by atoms with van der Waals surface area (Å²) < 4.78 is 28.6. The summed E-state index contributed by atoms with van der Waals surface area (Å²) in [7, 11) is 4.12. The van der Waals surface area contributed by atoms with E-state index in [0.29, 0.717) is 37.9 Å². The fourth-order valence-corrected chi connectivity index (χ4v) is 9.28. The van der Waals surface area contributed by atoms with Crippen LogP contribution in [0.15, 0.2) is 11.8 Å². The van der Waals surface area contributed by atoms with Crippen LogP contribution in [0.4, 0.5) is 9.18 Å². The second-order valence-electron chi connectivity index (χ2n) is 16.0. The summed E-state index contributed by atoms with van der Waals surface area (Å²) in [4.78, 5) is 46.6. The topological polar surface area (TPSA) is 103 Å². The van der Waals surface area contributed by atoms with E-state index in [1.165, 1.54) is 19.3 Å². The van der Waals surface area contributed by atoms with E-state index in [2.05, 4.69) is 34.5 Å². The standard InChI is InChI=1S/C35H56FN5O5/c1-35(2,3)46-34(44)38-22-14-17-40(19-22)33(43)25-20-41-27-13-12-21-10-6-7-11-23(21)31(27)45-32-28(37-15-8-9-16-39(4)5)26(36)18-24(29(32)41)30(25)42/h20-24,26-29,31-32,37H,6-19H2,1-5H3,(H,38,44)/t21?,22-,23?,24?,26?,27?,28?,29?,31?,32?/m1/s1. The summed E-state index contributed by atoms with van der Waals surface area (Å²) in [5, 5.41) is 6.41. The number of alkyl halides is 1. The van der Waals surface area contributed by atoms with Crippen LogP contribution in [0.5, 0.6) is 0 Å². The SMILES string of the molecule is CN(C)CCCCNC1C(F)CC2C(=O)C(C(=O)N3CC[C@@H](NC(=O)OC(C)(C)C)C3)=CN3C4CCC5CCCCC5C4OC1C23. The van der Waals surface area contributed by atoms with Crippen molar-refractivity contribution in [1.29, 1.82) is 0 Å². The zero-order valence-electron chi connectivity index (χ0n) is 28.5. The van der Waals surface area contributed by atoms with Crippen molar-refractivity contribution < 1.29 is 28.2 Å². The average molecular weight is 646 g/mol. The van der Waals surface area contributed by atoms with E-state index in [-0.39, 0.29) is 47.9 Å². The van der Waals surface area contributed by atoms with Crippen LogP contribution in [0.3, 0.4) is 0 Å². The number of halogens is 1. The fourth-order valence-electron chi connectivity index (χ4n) is 9.28. The van der Waals surface area contributed by atoms with Gasteiger partial charge in [0.15, 0.2) is 5.78 Å². The van der Waals surface area contributed by atoms with Crippen molar-refractivity contribution in [2.75, 3.05) is 40.3 Å². The number of ether oxygens (including phenoxy) is 2. The number of Topliss-reactive ketones (excluding diaryl/α,β-unsaturated/α-hetero) is 1. The number of rotatable bonds is 8. The van der Waals surface area contributed by atoms with Crippen LogP contribution in [0.1, 0.15) is 85.0 Å². The van der Waals surface area contributed by atoms with Crippen molar-refractivity contribution in [2.24, 2.45) is 17.8 Å². The number of hydrogen-bond donors (Lipinski definition) is 2. The fraction of sp³-hybridized carbons (Fsp3) is 0.857. The molecule has 6 rings (SSSR count). The summed E-state index contributed by atoms with van der Waals surface area (Å²) in [6.45, 7) is 7.87. The minimum Gasteiger partial charge on any atom is -0.444 e. The molecule has 2 saturated heterocycles. The Hall–Kier alpha value is -2.24. The molecule has 6 aliphatic rings. The third-order valence-corrected chi connectivity index (χ3v) is 11.3. The maximum Gasteiger partial charge on any atom is 0.407 e. The number of hydrogen-bond acceptors (Lipinski definition) is 8. The van der Waals surface area contributed by atoms with Crippen LogP contribution in [0, 0.1) is 17.8 Å². The first kappa shape index (κ1) is 33.7. The molecule has 3 saturated carbocycles. The van der Waals surface area contributed by atoms with Crippen molar-refractivity contribution in [1.82, 2.24) is 25.3 Å². The van der Waals surface area contributed by atoms with Gasteiger partial charge in [0.1, 0.15) is 11.8 Å². The van der Waals surface area contributed by atoms with E-state index in [1.54, 1.807) is 4.90 Å². The molecule has 3 heterocycles. The molecule has 46 heavy (non-hydrogen) atoms. The number of morpholine rings is 1. The largest absolute Gasteiger partial charge is 0.444 e. The van der Waals surface area contributed by atoms with Gasteiger partial charge in [0.05, 0.1) is 41.9 Å². The Balaban J connectivity index is 1.23. The molecular weight excluding hydrogens is 589 g/mol. The smallest absolute Gasteiger partial charge is 0.407 e. The molecule has 2 N–H and O–H groups in total. The van der Waals surface area contributed by atoms with Crippen molar-refractivity contribution in [3.8, 4) is 0 Å². The van der Waals surface area contributed by atoms with Crippen LogP contribution < -0.4 is 10.6 Å². The molecule has 0 aromatic heterocycles. The second kappa shape index (κ2) is 13.7. The molecule has 0 bridgehead atoms. The number of unbranched alkanes of at least 4 members (excludes halogenated alkanes) is 1. The number of carbonyl (C=O) groups is 3. The number of amides is 2. The predicted octanol–water partition coefficient (Wildman–Crippen LogP) is 3.64. The van der Waals surface area contributed by atoms with Crippen LogP contribution in [-0.2, 0) is 19.1 Å². The maximum absolute atomic E-state index is 16.2. The molecule has 11 heteroatoms. The third-order valence-electron chi connectivity index (χ3n) is 11.3. The number of nitrogens with zero attached hydrogens (tertiary/aromatic N) is 3. The van der Waals surface area contributed by atoms with Crippen LogP contribution in [0.25, 0.3) is 0 Å². The monoisotopic (exact) mass is 645 g/mol. The van der Waals surface area contributed by atoms with Gasteiger partial charge < -0.3 is 34.8 Å². The number of fused-ring (bicyclic) bond motifs is 4. The number of alkyl carbamates (subject to hydrolysis) is 1. The quantitative estimate of drug-likeness (QED) is 0.305. The lowest BCUT2D eigenvalue weighted by molar-refractivity contribution is -0.220. The Morgan fingerprint density at radius 3 is 2.63 bits per heavy atom. The summed E-state index contributed by atoms with van der Waals surface area (Å²) in [5.74, 6) is -0.157. The highest BCUT2D eigenvalue weighted by Gasteiger charge is 2.60. The number of ketones is 1. The first-order chi connectivity index (χ1) is 21.9. The molecule has 10 nitrogen and oxygen atoms in total. The minimum atomic E-state index is -1.24. The molecule has 2 amide bonds.